The number of nitrogens with zero attached hydrogens (tertiary/aromatic N) is 1. The molecule has 7 nitrogen and oxygen atoms in total. The Morgan fingerprint density at radius 3 is 2.63 bits per heavy atom. The summed E-state index contributed by atoms with van der Waals surface area (Å²) in [7, 11) is 0. The van der Waals surface area contributed by atoms with Crippen molar-refractivity contribution in [2.45, 2.75) is 6.04 Å². The number of halogens is 1. The maximum Gasteiger partial charge on any atom is 0.328 e. The molecule has 8 heteroatoms. The number of aliphatic carboxylic acids is 1. The molecule has 0 aromatic heterocycles. The van der Waals surface area contributed by atoms with Crippen LogP contribution >= 0.6 is 15.9 Å². The minimum absolute atomic E-state index is 0.374. The molecule has 1 aromatic carbocycles. The fourth-order valence-corrected chi connectivity index (χ4v) is 1.67. The molecule has 100 valence electrons. The van der Waals surface area contributed by atoms with Crippen molar-refractivity contribution in [1.29, 1.82) is 5.26 Å². The zero-order valence-corrected chi connectivity index (χ0v) is 11.1. The van der Waals surface area contributed by atoms with Gasteiger partial charge in [0, 0.05) is 4.47 Å². The molecule has 2 amide bonds. The SMILES string of the molecule is N#Cc1ccc(NC(=O)NC(CO)C(=O)O)c(Br)c1. The number of carbonyl (C=O) groups excluding carboxylic acids is 1. The van der Waals surface area contributed by atoms with Gasteiger partial charge in [0.25, 0.3) is 0 Å². The van der Waals surface area contributed by atoms with E-state index in [4.69, 9.17) is 15.5 Å². The number of rotatable bonds is 4. The number of benzene rings is 1. The third-order valence-electron chi connectivity index (χ3n) is 2.13. The second kappa shape index (κ2) is 6.72. The average Bonchev–Trinajstić information content (AvgIpc) is 2.37. The van der Waals surface area contributed by atoms with E-state index in [-0.39, 0.29) is 0 Å². The number of hydrogen-bond donors (Lipinski definition) is 4. The number of carboxylic acids is 1. The molecule has 0 saturated heterocycles. The normalized spacial score (nSPS) is 11.2. The first-order valence-corrected chi connectivity index (χ1v) is 5.88. The van der Waals surface area contributed by atoms with E-state index in [0.717, 1.165) is 0 Å². The van der Waals surface area contributed by atoms with Gasteiger partial charge in [-0.15, -0.1) is 0 Å². The van der Waals surface area contributed by atoms with Gasteiger partial charge in [-0.25, -0.2) is 9.59 Å². The number of aliphatic hydroxyl groups is 1. The summed E-state index contributed by atoms with van der Waals surface area (Å²) in [5.74, 6) is -1.34. The van der Waals surface area contributed by atoms with Gasteiger partial charge in [-0.3, -0.25) is 0 Å². The number of carboxylic acid groups (broad SMARTS) is 1. The summed E-state index contributed by atoms with van der Waals surface area (Å²) in [6.07, 6.45) is 0. The van der Waals surface area contributed by atoms with Crippen molar-refractivity contribution in [2.75, 3.05) is 11.9 Å². The smallest absolute Gasteiger partial charge is 0.328 e. The van der Waals surface area contributed by atoms with Crippen LogP contribution in [-0.4, -0.2) is 34.9 Å². The number of carbonyl (C=O) groups is 2. The molecule has 1 unspecified atom stereocenters. The molecule has 1 aromatic rings. The largest absolute Gasteiger partial charge is 0.480 e. The molecular formula is C11H10BrN3O4. The molecule has 0 saturated carbocycles. The van der Waals surface area contributed by atoms with Crippen molar-refractivity contribution < 1.29 is 19.8 Å². The fourth-order valence-electron chi connectivity index (χ4n) is 1.19. The van der Waals surface area contributed by atoms with Gasteiger partial charge in [0.2, 0.25) is 0 Å². The number of hydrogen-bond acceptors (Lipinski definition) is 4. The zero-order valence-electron chi connectivity index (χ0n) is 9.55. The van der Waals surface area contributed by atoms with Gasteiger partial charge in [0.1, 0.15) is 0 Å². The van der Waals surface area contributed by atoms with Crippen LogP contribution in [0.3, 0.4) is 0 Å². The quantitative estimate of drug-likeness (QED) is 0.654. The highest BCUT2D eigenvalue weighted by molar-refractivity contribution is 9.10. The Kier molecular flexibility index (Phi) is 5.29. The summed E-state index contributed by atoms with van der Waals surface area (Å²) in [6, 6.07) is 4.29. The lowest BCUT2D eigenvalue weighted by Crippen LogP contribution is -2.45. The molecule has 0 fully saturated rings. The van der Waals surface area contributed by atoms with Gasteiger partial charge in [-0.2, -0.15) is 5.26 Å². The molecule has 1 atom stereocenters. The third kappa shape index (κ3) is 4.24. The van der Waals surface area contributed by atoms with Gasteiger partial charge < -0.3 is 20.8 Å². The van der Waals surface area contributed by atoms with Crippen LogP contribution in [-0.2, 0) is 4.79 Å². The summed E-state index contributed by atoms with van der Waals surface area (Å²) in [5, 5.41) is 30.6. The summed E-state index contributed by atoms with van der Waals surface area (Å²) < 4.78 is 0.484. The molecule has 1 rings (SSSR count). The van der Waals surface area contributed by atoms with Crippen molar-refractivity contribution in [2.24, 2.45) is 0 Å². The lowest BCUT2D eigenvalue weighted by Gasteiger charge is -2.13. The monoisotopic (exact) mass is 327 g/mol. The maximum atomic E-state index is 11.5. The highest BCUT2D eigenvalue weighted by atomic mass is 79.9. The number of anilines is 1. The van der Waals surface area contributed by atoms with Crippen molar-refractivity contribution in [3.8, 4) is 6.07 Å². The molecule has 0 bridgehead atoms. The molecule has 0 aliphatic heterocycles. The molecule has 19 heavy (non-hydrogen) atoms. The predicted molar refractivity (Wildman–Crippen MR) is 69.5 cm³/mol. The Labute approximate surface area is 117 Å². The number of nitrogens with one attached hydrogen (secondary N) is 2. The number of aliphatic hydroxyl groups excluding tert-OH is 1. The number of urea groups is 1. The van der Waals surface area contributed by atoms with E-state index in [9.17, 15) is 9.59 Å². The molecule has 0 spiro atoms. The molecule has 0 aliphatic carbocycles. The van der Waals surface area contributed by atoms with E-state index in [1.54, 1.807) is 0 Å². The standard InChI is InChI=1S/C11H10BrN3O4/c12-7-3-6(4-13)1-2-8(7)14-11(19)15-9(5-16)10(17)18/h1-3,9,16H,5H2,(H,17,18)(H2,14,15,19). The predicted octanol–water partition coefficient (Wildman–Crippen LogP) is 0.888. The Bertz CT molecular complexity index is 541. The van der Waals surface area contributed by atoms with Gasteiger partial charge in [-0.05, 0) is 34.1 Å². The molecular weight excluding hydrogens is 318 g/mol. The lowest BCUT2D eigenvalue weighted by molar-refractivity contribution is -0.140. The Balaban J connectivity index is 2.72. The maximum absolute atomic E-state index is 11.5. The van der Waals surface area contributed by atoms with Crippen LogP contribution in [0.5, 0.6) is 0 Å². The van der Waals surface area contributed by atoms with Crippen molar-refractivity contribution >= 4 is 33.6 Å². The van der Waals surface area contributed by atoms with Crippen LogP contribution in [0.25, 0.3) is 0 Å². The average molecular weight is 328 g/mol. The van der Waals surface area contributed by atoms with Crippen molar-refractivity contribution in [1.82, 2.24) is 5.32 Å². The number of amides is 2. The van der Waals surface area contributed by atoms with Gasteiger partial charge in [0.05, 0.1) is 23.9 Å². The Morgan fingerprint density at radius 2 is 2.16 bits per heavy atom. The second-order valence-electron chi connectivity index (χ2n) is 3.48. The highest BCUT2D eigenvalue weighted by Gasteiger charge is 2.18. The molecule has 0 aliphatic rings. The van der Waals surface area contributed by atoms with Crippen LogP contribution in [0, 0.1) is 11.3 Å². The van der Waals surface area contributed by atoms with Crippen LogP contribution in [0.4, 0.5) is 10.5 Å². The first kappa shape index (κ1) is 14.9. The molecule has 0 heterocycles. The fraction of sp³-hybridized carbons (Fsp3) is 0.182. The van der Waals surface area contributed by atoms with Crippen molar-refractivity contribution in [3.05, 3.63) is 28.2 Å². The third-order valence-corrected chi connectivity index (χ3v) is 2.79. The minimum atomic E-state index is -1.38. The molecule has 4 N–H and O–H groups in total. The lowest BCUT2D eigenvalue weighted by atomic mass is 10.2. The molecule has 0 radical (unpaired) electrons. The second-order valence-corrected chi connectivity index (χ2v) is 4.33. The Morgan fingerprint density at radius 1 is 1.47 bits per heavy atom. The van der Waals surface area contributed by atoms with Crippen LogP contribution in [0.2, 0.25) is 0 Å². The topological polar surface area (TPSA) is 122 Å². The summed E-state index contributed by atoms with van der Waals surface area (Å²) in [6.45, 7) is -0.711. The minimum Gasteiger partial charge on any atom is -0.480 e. The van der Waals surface area contributed by atoms with E-state index in [1.165, 1.54) is 18.2 Å². The van der Waals surface area contributed by atoms with Gasteiger partial charge >= 0.3 is 12.0 Å². The van der Waals surface area contributed by atoms with E-state index >= 15 is 0 Å². The van der Waals surface area contributed by atoms with E-state index in [0.29, 0.717) is 15.7 Å². The van der Waals surface area contributed by atoms with Gasteiger partial charge in [0.15, 0.2) is 6.04 Å². The van der Waals surface area contributed by atoms with Crippen LogP contribution < -0.4 is 10.6 Å². The highest BCUT2D eigenvalue weighted by Crippen LogP contribution is 2.23. The first-order chi connectivity index (χ1) is 8.97. The first-order valence-electron chi connectivity index (χ1n) is 5.08. The summed E-state index contributed by atoms with van der Waals surface area (Å²) in [4.78, 5) is 22.1. The van der Waals surface area contributed by atoms with Crippen LogP contribution in [0.1, 0.15) is 5.56 Å². The van der Waals surface area contributed by atoms with Gasteiger partial charge in [-0.1, -0.05) is 0 Å². The summed E-state index contributed by atoms with van der Waals surface area (Å²) in [5.41, 5.74) is 0.787. The Hall–Kier alpha value is -2.11. The van der Waals surface area contributed by atoms with E-state index in [2.05, 4.69) is 26.6 Å². The summed E-state index contributed by atoms with van der Waals surface area (Å²) >= 11 is 3.17. The van der Waals surface area contributed by atoms with E-state index in [1.807, 2.05) is 6.07 Å². The number of nitriles is 1. The van der Waals surface area contributed by atoms with E-state index < -0.39 is 24.6 Å². The van der Waals surface area contributed by atoms with Crippen molar-refractivity contribution in [3.63, 3.8) is 0 Å². The zero-order chi connectivity index (χ0) is 14.4. The van der Waals surface area contributed by atoms with Crippen LogP contribution in [0.15, 0.2) is 22.7 Å².